The van der Waals surface area contributed by atoms with Gasteiger partial charge in [-0.25, -0.2) is 4.79 Å². The number of carbonyl (C=O) groups excluding carboxylic acids is 3. The van der Waals surface area contributed by atoms with Crippen LogP contribution in [0.15, 0.2) is 42.5 Å². The van der Waals surface area contributed by atoms with Gasteiger partial charge in [0.25, 0.3) is 5.91 Å². The average molecular weight is 493 g/mol. The lowest BCUT2D eigenvalue weighted by Crippen LogP contribution is -2.54. The summed E-state index contributed by atoms with van der Waals surface area (Å²) in [5.74, 6) is 0.722. The fraction of sp³-hybridized carbons (Fsp3) is 0.444. The van der Waals surface area contributed by atoms with Gasteiger partial charge in [0.15, 0.2) is 11.5 Å². The Morgan fingerprint density at radius 3 is 2.31 bits per heavy atom. The molecule has 9 heteroatoms. The van der Waals surface area contributed by atoms with E-state index in [0.29, 0.717) is 56.1 Å². The van der Waals surface area contributed by atoms with Crippen LogP contribution in [0.2, 0.25) is 0 Å². The van der Waals surface area contributed by atoms with E-state index in [1.807, 2.05) is 36.1 Å². The zero-order valence-corrected chi connectivity index (χ0v) is 20.5. The first-order valence-electron chi connectivity index (χ1n) is 12.6. The van der Waals surface area contributed by atoms with Crippen LogP contribution >= 0.6 is 0 Å². The zero-order chi connectivity index (χ0) is 25.1. The number of anilines is 1. The fourth-order valence-corrected chi connectivity index (χ4v) is 5.05. The lowest BCUT2D eigenvalue weighted by atomic mass is 9.88. The van der Waals surface area contributed by atoms with Crippen molar-refractivity contribution in [1.82, 2.24) is 15.1 Å². The minimum Gasteiger partial charge on any atom is -0.454 e. The number of piperidine rings is 1. The molecular formula is C27H32N4O5. The van der Waals surface area contributed by atoms with Crippen molar-refractivity contribution < 1.29 is 23.9 Å². The van der Waals surface area contributed by atoms with Gasteiger partial charge in [-0.1, -0.05) is 17.7 Å². The Balaban J connectivity index is 1.24. The van der Waals surface area contributed by atoms with E-state index in [1.165, 1.54) is 0 Å². The Morgan fingerprint density at radius 2 is 1.58 bits per heavy atom. The molecule has 3 aliphatic heterocycles. The van der Waals surface area contributed by atoms with Crippen LogP contribution in [0.4, 0.5) is 10.5 Å². The summed E-state index contributed by atoms with van der Waals surface area (Å²) in [4.78, 5) is 43.0. The summed E-state index contributed by atoms with van der Waals surface area (Å²) < 4.78 is 10.7. The van der Waals surface area contributed by atoms with Crippen LogP contribution in [0.25, 0.3) is 0 Å². The number of ether oxygens (including phenoxy) is 2. The maximum Gasteiger partial charge on any atom is 0.321 e. The first kappa shape index (κ1) is 24.0. The molecule has 4 amide bonds. The number of carbonyl (C=O) groups is 3. The van der Waals surface area contributed by atoms with Crippen LogP contribution in [0, 0.1) is 12.8 Å². The molecular weight excluding hydrogens is 460 g/mol. The van der Waals surface area contributed by atoms with Gasteiger partial charge < -0.3 is 29.9 Å². The second kappa shape index (κ2) is 10.5. The Bertz CT molecular complexity index is 1120. The highest BCUT2D eigenvalue weighted by atomic mass is 16.7. The van der Waals surface area contributed by atoms with Crippen molar-refractivity contribution in [3.8, 4) is 11.5 Å². The van der Waals surface area contributed by atoms with Gasteiger partial charge in [0.05, 0.1) is 0 Å². The Hall–Kier alpha value is -3.75. The smallest absolute Gasteiger partial charge is 0.321 e. The maximum atomic E-state index is 13.5. The quantitative estimate of drug-likeness (QED) is 0.667. The molecule has 0 aromatic heterocycles. The van der Waals surface area contributed by atoms with Gasteiger partial charge in [0.1, 0.15) is 6.04 Å². The molecule has 0 bridgehead atoms. The lowest BCUT2D eigenvalue weighted by molar-refractivity contribution is -0.134. The van der Waals surface area contributed by atoms with Crippen LogP contribution in [0.5, 0.6) is 11.5 Å². The summed E-state index contributed by atoms with van der Waals surface area (Å²) in [5, 5.41) is 5.96. The minimum absolute atomic E-state index is 0.0378. The first-order chi connectivity index (χ1) is 17.5. The number of rotatable bonds is 5. The average Bonchev–Trinajstić information content (AvgIpc) is 3.60. The van der Waals surface area contributed by atoms with E-state index in [1.54, 1.807) is 23.1 Å². The van der Waals surface area contributed by atoms with E-state index in [-0.39, 0.29) is 30.6 Å². The standard InChI is InChI=1S/C27H32N4O5/c1-18-4-7-21(8-5-18)28-27(34)31-14-10-19(11-15-31)24(26(33)30-12-2-3-13-30)29-25(32)20-6-9-22-23(16-20)36-17-35-22/h4-9,16,19,24H,2-3,10-15,17H2,1H3,(H,28,34)(H,29,32)/t24-/m1/s1. The molecule has 3 heterocycles. The monoisotopic (exact) mass is 492 g/mol. The van der Waals surface area contributed by atoms with Crippen LogP contribution < -0.4 is 20.1 Å². The topological polar surface area (TPSA) is 100 Å². The summed E-state index contributed by atoms with van der Waals surface area (Å²) in [5.41, 5.74) is 2.31. The predicted molar refractivity (Wildman–Crippen MR) is 134 cm³/mol. The number of urea groups is 1. The van der Waals surface area contributed by atoms with E-state index in [4.69, 9.17) is 9.47 Å². The van der Waals surface area contributed by atoms with Crippen molar-refractivity contribution in [3.63, 3.8) is 0 Å². The Morgan fingerprint density at radius 1 is 0.889 bits per heavy atom. The molecule has 2 N–H and O–H groups in total. The van der Waals surface area contributed by atoms with Crippen molar-refractivity contribution in [1.29, 1.82) is 0 Å². The number of amides is 4. The Kier molecular flexibility index (Phi) is 6.97. The summed E-state index contributed by atoms with van der Waals surface area (Å²) in [6, 6.07) is 11.9. The van der Waals surface area contributed by atoms with Gasteiger partial charge in [-0.15, -0.1) is 0 Å². The largest absolute Gasteiger partial charge is 0.454 e. The van der Waals surface area contributed by atoms with Crippen molar-refractivity contribution in [2.75, 3.05) is 38.3 Å². The van der Waals surface area contributed by atoms with Crippen molar-refractivity contribution in [2.24, 2.45) is 5.92 Å². The minimum atomic E-state index is -0.636. The molecule has 0 unspecified atom stereocenters. The molecule has 5 rings (SSSR count). The highest BCUT2D eigenvalue weighted by molar-refractivity contribution is 5.98. The fourth-order valence-electron chi connectivity index (χ4n) is 5.05. The van der Waals surface area contributed by atoms with Crippen LogP contribution in [-0.4, -0.2) is 66.7 Å². The van der Waals surface area contributed by atoms with E-state index in [0.717, 1.165) is 24.1 Å². The normalized spacial score (nSPS) is 18.1. The van der Waals surface area contributed by atoms with Crippen molar-refractivity contribution in [2.45, 2.75) is 38.6 Å². The number of likely N-dealkylation sites (tertiary alicyclic amines) is 2. The zero-order valence-electron chi connectivity index (χ0n) is 20.5. The molecule has 0 spiro atoms. The van der Waals surface area contributed by atoms with Gasteiger partial charge >= 0.3 is 6.03 Å². The lowest BCUT2D eigenvalue weighted by Gasteiger charge is -2.37. The second-order valence-electron chi connectivity index (χ2n) is 9.67. The number of hydrogen-bond acceptors (Lipinski definition) is 5. The van der Waals surface area contributed by atoms with Crippen molar-refractivity contribution in [3.05, 3.63) is 53.6 Å². The molecule has 0 saturated carbocycles. The van der Waals surface area contributed by atoms with Gasteiger partial charge in [0, 0.05) is 37.4 Å². The molecule has 2 aromatic rings. The molecule has 190 valence electrons. The van der Waals surface area contributed by atoms with Gasteiger partial charge in [-0.2, -0.15) is 0 Å². The second-order valence-corrected chi connectivity index (χ2v) is 9.67. The molecule has 2 fully saturated rings. The molecule has 36 heavy (non-hydrogen) atoms. The van der Waals surface area contributed by atoms with Gasteiger partial charge in [-0.3, -0.25) is 9.59 Å². The number of fused-ring (bicyclic) bond motifs is 1. The summed E-state index contributed by atoms with van der Waals surface area (Å²) in [6.45, 7) is 4.60. The highest BCUT2D eigenvalue weighted by Gasteiger charge is 2.37. The molecule has 0 aliphatic carbocycles. The predicted octanol–water partition coefficient (Wildman–Crippen LogP) is 3.39. The van der Waals surface area contributed by atoms with E-state index in [2.05, 4.69) is 10.6 Å². The summed E-state index contributed by atoms with van der Waals surface area (Å²) in [7, 11) is 0. The SMILES string of the molecule is Cc1ccc(NC(=O)N2CCC([C@@H](NC(=O)c3ccc4c(c3)OCO4)C(=O)N3CCCC3)CC2)cc1. The molecule has 2 aromatic carbocycles. The summed E-state index contributed by atoms with van der Waals surface area (Å²) in [6.07, 6.45) is 3.22. The van der Waals surface area contributed by atoms with Crippen LogP contribution in [0.3, 0.4) is 0 Å². The number of nitrogens with zero attached hydrogens (tertiary/aromatic N) is 2. The third-order valence-electron chi connectivity index (χ3n) is 7.21. The van der Waals surface area contributed by atoms with Crippen molar-refractivity contribution >= 4 is 23.5 Å². The van der Waals surface area contributed by atoms with Crippen LogP contribution in [-0.2, 0) is 4.79 Å². The number of nitrogens with one attached hydrogen (secondary N) is 2. The molecule has 3 aliphatic rings. The third kappa shape index (κ3) is 5.24. The Labute approximate surface area is 210 Å². The molecule has 9 nitrogen and oxygen atoms in total. The van der Waals surface area contributed by atoms with Crippen LogP contribution in [0.1, 0.15) is 41.6 Å². The van der Waals surface area contributed by atoms with E-state index in [9.17, 15) is 14.4 Å². The highest BCUT2D eigenvalue weighted by Crippen LogP contribution is 2.33. The maximum absolute atomic E-state index is 13.5. The molecule has 2 saturated heterocycles. The van der Waals surface area contributed by atoms with Gasteiger partial charge in [0.2, 0.25) is 12.7 Å². The number of hydrogen-bond donors (Lipinski definition) is 2. The number of aryl methyl sites for hydroxylation is 1. The number of benzene rings is 2. The summed E-state index contributed by atoms with van der Waals surface area (Å²) >= 11 is 0. The molecule has 1 atom stereocenters. The first-order valence-corrected chi connectivity index (χ1v) is 12.6. The van der Waals surface area contributed by atoms with E-state index < -0.39 is 6.04 Å². The third-order valence-corrected chi connectivity index (χ3v) is 7.21. The van der Waals surface area contributed by atoms with Gasteiger partial charge in [-0.05, 0) is 68.9 Å². The molecule has 0 radical (unpaired) electrons. The van der Waals surface area contributed by atoms with E-state index >= 15 is 0 Å².